The van der Waals surface area contributed by atoms with Gasteiger partial charge >= 0.3 is 0 Å². The maximum Gasteiger partial charge on any atom is 0.116 e. The van der Waals surface area contributed by atoms with Crippen LogP contribution in [0.4, 0.5) is 0 Å². The Balaban J connectivity index is 2.25. The summed E-state index contributed by atoms with van der Waals surface area (Å²) in [6.07, 6.45) is 4.27. The van der Waals surface area contributed by atoms with Crippen LogP contribution in [0.15, 0.2) is 42.7 Å². The molecule has 0 atom stereocenters. The van der Waals surface area contributed by atoms with Gasteiger partial charge in [-0.25, -0.2) is 4.98 Å². The minimum atomic E-state index is 0.415. The Morgan fingerprint density at radius 3 is 2.73 bits per heavy atom. The average molecular weight is 233 g/mol. The fourth-order valence-electron chi connectivity index (χ4n) is 1.41. The number of hydrogen-bond acceptors (Lipinski definition) is 3. The van der Waals surface area contributed by atoms with Gasteiger partial charge in [-0.1, -0.05) is 34.7 Å². The molecule has 1 aromatic carbocycles. The Kier molecular flexibility index (Phi) is 3.08. The third kappa shape index (κ3) is 2.40. The van der Waals surface area contributed by atoms with Crippen LogP contribution in [0.3, 0.4) is 0 Å². The minimum absolute atomic E-state index is 0.415. The first kappa shape index (κ1) is 10.3. The van der Waals surface area contributed by atoms with Crippen LogP contribution in [0.25, 0.3) is 0 Å². The van der Waals surface area contributed by atoms with Gasteiger partial charge in [0.05, 0.1) is 0 Å². The summed E-state index contributed by atoms with van der Waals surface area (Å²) in [5.41, 5.74) is 1.20. The Bertz CT molecular complexity index is 462. The molecule has 2 nitrogen and oxygen atoms in total. The van der Waals surface area contributed by atoms with Crippen molar-refractivity contribution < 1.29 is 0 Å². The number of nitrogens with zero attached hydrogens (tertiary/aromatic N) is 2. The highest BCUT2D eigenvalue weighted by molar-refractivity contribution is 8.00. The molecule has 0 saturated heterocycles. The molecule has 0 spiro atoms. The molecule has 1 aromatic heterocycles. The first-order chi connectivity index (χ1) is 7.27. The molecule has 2 rings (SSSR count). The quantitative estimate of drug-likeness (QED) is 0.585. The third-order valence-electron chi connectivity index (χ3n) is 2.12. The maximum absolute atomic E-state index is 4.96. The summed E-state index contributed by atoms with van der Waals surface area (Å²) < 4.78 is 2.18. The molecule has 0 fully saturated rings. The van der Waals surface area contributed by atoms with E-state index in [9.17, 15) is 0 Å². The van der Waals surface area contributed by atoms with Gasteiger partial charge < -0.3 is 29.4 Å². The lowest BCUT2D eigenvalue weighted by Crippen LogP contribution is -2.09. The Morgan fingerprint density at radius 1 is 1.33 bits per heavy atom. The highest BCUT2D eigenvalue weighted by atomic mass is 32.1. The van der Waals surface area contributed by atoms with E-state index < -0.39 is 0 Å². The predicted molar refractivity (Wildman–Crippen MR) is 66.8 cm³/mol. The van der Waals surface area contributed by atoms with Crippen molar-refractivity contribution in [3.05, 3.63) is 54.1 Å². The van der Waals surface area contributed by atoms with Crippen molar-refractivity contribution in [3.8, 4) is 0 Å². The van der Waals surface area contributed by atoms with Crippen LogP contribution in [0.1, 0.15) is 11.4 Å². The van der Waals surface area contributed by atoms with E-state index in [-0.39, 0.29) is 0 Å². The molecule has 2 aromatic rings. The Labute approximate surface area is 99.4 Å². The second-order valence-electron chi connectivity index (χ2n) is 3.14. The van der Waals surface area contributed by atoms with Crippen molar-refractivity contribution in [2.75, 3.05) is 0 Å². The van der Waals surface area contributed by atoms with Crippen molar-refractivity contribution in [2.45, 2.75) is 6.42 Å². The van der Waals surface area contributed by atoms with Gasteiger partial charge in [0.2, 0.25) is 0 Å². The lowest BCUT2D eigenvalue weighted by Gasteiger charge is -2.10. The second-order valence-corrected chi connectivity index (χ2v) is 4.17. The van der Waals surface area contributed by atoms with E-state index in [1.165, 1.54) is 5.56 Å². The summed E-state index contributed by atoms with van der Waals surface area (Å²) in [4.78, 5) is 4.24. The van der Waals surface area contributed by atoms with Crippen molar-refractivity contribution in [1.82, 2.24) is 9.55 Å². The van der Waals surface area contributed by atoms with Crippen LogP contribution in [0.2, 0.25) is 0 Å². The fourth-order valence-corrected chi connectivity index (χ4v) is 1.74. The maximum atomic E-state index is 4.96. The summed E-state index contributed by atoms with van der Waals surface area (Å²) >= 11 is 9.91. The van der Waals surface area contributed by atoms with E-state index in [0.717, 1.165) is 12.2 Å². The molecule has 1 heterocycles. The van der Waals surface area contributed by atoms with Gasteiger partial charge in [0.25, 0.3) is 0 Å². The van der Waals surface area contributed by atoms with Gasteiger partial charge in [-0.05, 0) is 5.56 Å². The van der Waals surface area contributed by atoms with Gasteiger partial charge in [-0.3, -0.25) is 0 Å². The number of thiocarbonyl (C=S) groups is 1. The first-order valence-electron chi connectivity index (χ1n) is 4.55. The summed E-state index contributed by atoms with van der Waals surface area (Å²) in [7, 11) is 0. The first-order valence-corrected chi connectivity index (χ1v) is 5.36. The molecule has 0 saturated carbocycles. The topological polar surface area (TPSA) is 17.8 Å². The largest absolute Gasteiger partial charge is 0.411 e. The van der Waals surface area contributed by atoms with E-state index in [1.54, 1.807) is 17.0 Å². The van der Waals surface area contributed by atoms with Crippen LogP contribution in [-0.4, -0.2) is 13.9 Å². The molecule has 0 N–H and O–H groups in total. The molecule has 76 valence electrons. The van der Waals surface area contributed by atoms with Crippen molar-refractivity contribution in [3.63, 3.8) is 0 Å². The average Bonchev–Trinajstić information content (AvgIpc) is 2.67. The standard InChI is InChI=1S/C11H10N2S2/c14-11(15)13-7-6-12-10(13)8-9-4-2-1-3-5-9/h1-7H,8H2,(H,14,15)/p-1. The van der Waals surface area contributed by atoms with Crippen molar-refractivity contribution in [1.29, 1.82) is 0 Å². The SMILES string of the molecule is S=C([S-])n1ccnc1Cc1ccccc1. The number of imidazole rings is 1. The second kappa shape index (κ2) is 4.51. The highest BCUT2D eigenvalue weighted by Gasteiger charge is 2.01. The Morgan fingerprint density at radius 2 is 2.07 bits per heavy atom. The molecule has 0 unspecified atom stereocenters. The Hall–Kier alpha value is -1.26. The number of rotatable bonds is 2. The summed E-state index contributed by atoms with van der Waals surface area (Å²) in [6, 6.07) is 10.1. The van der Waals surface area contributed by atoms with Gasteiger partial charge in [-0.15, -0.1) is 0 Å². The van der Waals surface area contributed by atoms with Gasteiger partial charge in [-0.2, -0.15) is 0 Å². The molecule has 0 aliphatic carbocycles. The van der Waals surface area contributed by atoms with Crippen LogP contribution in [0.5, 0.6) is 0 Å². The van der Waals surface area contributed by atoms with Crippen LogP contribution < -0.4 is 0 Å². The molecule has 0 aliphatic heterocycles. The van der Waals surface area contributed by atoms with Gasteiger partial charge in [0.1, 0.15) is 5.82 Å². The zero-order valence-corrected chi connectivity index (χ0v) is 9.59. The van der Waals surface area contributed by atoms with Crippen LogP contribution >= 0.6 is 12.2 Å². The fraction of sp³-hybridized carbons (Fsp3) is 0.0909. The van der Waals surface area contributed by atoms with E-state index in [4.69, 9.17) is 24.8 Å². The molecule has 0 bridgehead atoms. The van der Waals surface area contributed by atoms with Gasteiger partial charge in [0, 0.05) is 18.8 Å². The lowest BCUT2D eigenvalue weighted by molar-refractivity contribution is 0.968. The molecule has 15 heavy (non-hydrogen) atoms. The van der Waals surface area contributed by atoms with Crippen LogP contribution in [0, 0.1) is 0 Å². The molecular formula is C11H9N2S2-. The minimum Gasteiger partial charge on any atom is -0.411 e. The molecule has 0 amide bonds. The summed E-state index contributed by atoms with van der Waals surface area (Å²) in [5.74, 6) is 0.890. The summed E-state index contributed by atoms with van der Waals surface area (Å²) in [6.45, 7) is 0. The molecular weight excluding hydrogens is 224 g/mol. The van der Waals surface area contributed by atoms with Gasteiger partial charge in [0.15, 0.2) is 0 Å². The zero-order valence-electron chi connectivity index (χ0n) is 7.96. The van der Waals surface area contributed by atoms with Crippen molar-refractivity contribution >= 4 is 29.2 Å². The third-order valence-corrected chi connectivity index (χ3v) is 2.51. The zero-order chi connectivity index (χ0) is 10.7. The lowest BCUT2D eigenvalue weighted by atomic mass is 10.1. The number of benzene rings is 1. The van der Waals surface area contributed by atoms with Crippen molar-refractivity contribution in [2.24, 2.45) is 0 Å². The van der Waals surface area contributed by atoms with Crippen LogP contribution in [-0.2, 0) is 19.0 Å². The monoisotopic (exact) mass is 233 g/mol. The van der Waals surface area contributed by atoms with E-state index >= 15 is 0 Å². The van der Waals surface area contributed by atoms with E-state index in [0.29, 0.717) is 4.32 Å². The molecule has 0 aliphatic rings. The molecule has 4 heteroatoms. The highest BCUT2D eigenvalue weighted by Crippen LogP contribution is 2.07. The molecule has 0 radical (unpaired) electrons. The van der Waals surface area contributed by atoms with E-state index in [2.05, 4.69) is 17.1 Å². The number of hydrogen-bond donors (Lipinski definition) is 0. The van der Waals surface area contributed by atoms with E-state index in [1.807, 2.05) is 18.2 Å². The number of aromatic nitrogens is 2. The smallest absolute Gasteiger partial charge is 0.116 e. The summed E-state index contributed by atoms with van der Waals surface area (Å²) in [5, 5.41) is 0. The predicted octanol–water partition coefficient (Wildman–Crippen LogP) is 2.15. The normalized spacial score (nSPS) is 10.1.